The lowest BCUT2D eigenvalue weighted by Gasteiger charge is -2.04. The van der Waals surface area contributed by atoms with Gasteiger partial charge in [0.2, 0.25) is 0 Å². The van der Waals surface area contributed by atoms with Crippen LogP contribution in [0.2, 0.25) is 0 Å². The maximum atomic E-state index is 11.7. The Labute approximate surface area is 141 Å². The average molecular weight is 343 g/mol. The van der Waals surface area contributed by atoms with E-state index in [0.29, 0.717) is 5.56 Å². The Balaban J connectivity index is 1.87. The second kappa shape index (κ2) is 8.18. The number of rotatable bonds is 4. The summed E-state index contributed by atoms with van der Waals surface area (Å²) in [6.07, 6.45) is 0.553. The third-order valence-electron chi connectivity index (χ3n) is 3.04. The zero-order valence-electron chi connectivity index (χ0n) is 13.2. The first kappa shape index (κ1) is 17.6. The van der Waals surface area contributed by atoms with E-state index in [0.717, 1.165) is 11.8 Å². The predicted octanol–water partition coefficient (Wildman–Crippen LogP) is 2.37. The van der Waals surface area contributed by atoms with Gasteiger partial charge in [0.1, 0.15) is 6.61 Å². The van der Waals surface area contributed by atoms with Crippen molar-refractivity contribution in [2.24, 2.45) is 0 Å². The van der Waals surface area contributed by atoms with Crippen molar-refractivity contribution >= 4 is 15.9 Å². The Morgan fingerprint density at radius 3 is 2.46 bits per heavy atom. The van der Waals surface area contributed by atoms with Gasteiger partial charge in [0.15, 0.2) is 9.84 Å². The van der Waals surface area contributed by atoms with Crippen molar-refractivity contribution < 1.29 is 17.9 Å². The number of carbonyl (C=O) groups is 1. The summed E-state index contributed by atoms with van der Waals surface area (Å²) in [6, 6.07) is 15.8. The van der Waals surface area contributed by atoms with Gasteiger partial charge in [-0.25, -0.2) is 13.2 Å². The molecule has 1 amide bonds. The Morgan fingerprint density at radius 1 is 1.08 bits per heavy atom. The maximum Gasteiger partial charge on any atom is 0.408 e. The zero-order chi connectivity index (χ0) is 17.4. The van der Waals surface area contributed by atoms with E-state index in [9.17, 15) is 13.2 Å². The van der Waals surface area contributed by atoms with Gasteiger partial charge in [-0.3, -0.25) is 0 Å². The van der Waals surface area contributed by atoms with Crippen molar-refractivity contribution in [3.05, 3.63) is 65.7 Å². The maximum absolute atomic E-state index is 11.7. The Morgan fingerprint density at radius 2 is 1.75 bits per heavy atom. The molecule has 0 aromatic heterocycles. The van der Waals surface area contributed by atoms with Crippen molar-refractivity contribution in [2.75, 3.05) is 12.8 Å². The topological polar surface area (TPSA) is 72.5 Å². The van der Waals surface area contributed by atoms with E-state index < -0.39 is 15.9 Å². The van der Waals surface area contributed by atoms with Crippen LogP contribution >= 0.6 is 0 Å². The summed E-state index contributed by atoms with van der Waals surface area (Å²) in [7, 11) is -3.34. The molecular weight excluding hydrogens is 326 g/mol. The largest absolute Gasteiger partial charge is 0.445 e. The number of ether oxygens (including phenoxy) is 1. The molecule has 0 saturated carbocycles. The number of carbonyl (C=O) groups excluding carboxylic acids is 1. The summed E-state index contributed by atoms with van der Waals surface area (Å²) in [5.41, 5.74) is 1.29. The van der Waals surface area contributed by atoms with Crippen molar-refractivity contribution in [2.45, 2.75) is 11.5 Å². The molecule has 0 unspecified atom stereocenters. The van der Waals surface area contributed by atoms with Crippen LogP contribution in [0.25, 0.3) is 0 Å². The first-order chi connectivity index (χ1) is 11.5. The number of sulfone groups is 1. The highest BCUT2D eigenvalue weighted by atomic mass is 32.2. The van der Waals surface area contributed by atoms with Gasteiger partial charge in [-0.05, 0) is 17.7 Å². The first-order valence-corrected chi connectivity index (χ1v) is 9.08. The molecule has 0 spiro atoms. The molecule has 0 bridgehead atoms. The highest BCUT2D eigenvalue weighted by molar-refractivity contribution is 7.90. The van der Waals surface area contributed by atoms with Crippen LogP contribution in [0.3, 0.4) is 0 Å². The molecular formula is C18H17NO4S. The lowest BCUT2D eigenvalue weighted by atomic mass is 10.2. The van der Waals surface area contributed by atoms with E-state index in [1.54, 1.807) is 18.2 Å². The Hall–Kier alpha value is -2.78. The minimum absolute atomic E-state index is 0.0612. The van der Waals surface area contributed by atoms with Crippen LogP contribution in [0.15, 0.2) is 59.5 Å². The summed E-state index contributed by atoms with van der Waals surface area (Å²) >= 11 is 0. The molecule has 2 aromatic carbocycles. The van der Waals surface area contributed by atoms with Crippen molar-refractivity contribution in [3.63, 3.8) is 0 Å². The van der Waals surface area contributed by atoms with Crippen molar-refractivity contribution in [1.29, 1.82) is 0 Å². The second-order valence-electron chi connectivity index (χ2n) is 4.99. The van der Waals surface area contributed by atoms with E-state index in [1.807, 2.05) is 30.3 Å². The molecule has 24 heavy (non-hydrogen) atoms. The molecule has 0 aliphatic rings. The fourth-order valence-electron chi connectivity index (χ4n) is 1.92. The van der Waals surface area contributed by atoms with E-state index in [-0.39, 0.29) is 18.0 Å². The van der Waals surface area contributed by atoms with E-state index in [4.69, 9.17) is 4.74 Å². The lowest BCUT2D eigenvalue weighted by molar-refractivity contribution is 0.141. The quantitative estimate of drug-likeness (QED) is 0.865. The normalized spacial score (nSPS) is 10.4. The summed E-state index contributed by atoms with van der Waals surface area (Å²) in [5, 5.41) is 2.50. The number of hydrogen-bond acceptors (Lipinski definition) is 4. The minimum atomic E-state index is -3.34. The fourth-order valence-corrected chi connectivity index (χ4v) is 2.77. The third kappa shape index (κ3) is 5.45. The molecule has 0 aliphatic heterocycles. The van der Waals surface area contributed by atoms with Crippen LogP contribution in [0, 0.1) is 11.8 Å². The molecule has 0 atom stereocenters. The molecule has 0 heterocycles. The number of alkyl carbamates (subject to hydrolysis) is 1. The summed E-state index contributed by atoms with van der Waals surface area (Å²) in [6.45, 7) is 0.239. The molecule has 0 fully saturated rings. The number of benzene rings is 2. The highest BCUT2D eigenvalue weighted by Crippen LogP contribution is 2.13. The molecule has 0 aliphatic carbocycles. The number of hydrogen-bond donors (Lipinski definition) is 1. The standard InChI is InChI=1S/C18H17NO4S/c1-24(21,22)17-12-6-5-10-16(17)11-7-13-19-18(20)23-14-15-8-3-2-4-9-15/h2-6,8-10,12H,13-14H2,1H3,(H,19,20). The van der Waals surface area contributed by atoms with Crippen LogP contribution in [-0.4, -0.2) is 27.3 Å². The molecule has 1 N–H and O–H groups in total. The second-order valence-corrected chi connectivity index (χ2v) is 6.97. The molecule has 6 heteroatoms. The van der Waals surface area contributed by atoms with Crippen molar-refractivity contribution in [3.8, 4) is 11.8 Å². The van der Waals surface area contributed by atoms with E-state index >= 15 is 0 Å². The monoisotopic (exact) mass is 343 g/mol. The number of nitrogens with one attached hydrogen (secondary N) is 1. The van der Waals surface area contributed by atoms with E-state index in [1.165, 1.54) is 6.07 Å². The van der Waals surface area contributed by atoms with Crippen LogP contribution in [-0.2, 0) is 21.2 Å². The predicted molar refractivity (Wildman–Crippen MR) is 91.1 cm³/mol. The smallest absolute Gasteiger partial charge is 0.408 e. The summed E-state index contributed by atoms with van der Waals surface area (Å²) < 4.78 is 28.4. The average Bonchev–Trinajstić information content (AvgIpc) is 2.57. The van der Waals surface area contributed by atoms with E-state index in [2.05, 4.69) is 17.2 Å². The summed E-state index contributed by atoms with van der Waals surface area (Å²) in [4.78, 5) is 11.7. The Kier molecular flexibility index (Phi) is 5.99. The highest BCUT2D eigenvalue weighted by Gasteiger charge is 2.10. The zero-order valence-corrected chi connectivity index (χ0v) is 14.0. The molecule has 0 radical (unpaired) electrons. The summed E-state index contributed by atoms with van der Waals surface area (Å²) in [5.74, 6) is 5.47. The lowest BCUT2D eigenvalue weighted by Crippen LogP contribution is -2.24. The van der Waals surface area contributed by atoms with Gasteiger partial charge in [-0.1, -0.05) is 54.3 Å². The van der Waals surface area contributed by atoms with Crippen LogP contribution in [0.5, 0.6) is 0 Å². The molecule has 124 valence electrons. The minimum Gasteiger partial charge on any atom is -0.445 e. The SMILES string of the molecule is CS(=O)(=O)c1ccccc1C#CCNC(=O)OCc1ccccc1. The fraction of sp³-hybridized carbons (Fsp3) is 0.167. The Bertz CT molecular complexity index is 865. The molecule has 5 nitrogen and oxygen atoms in total. The van der Waals surface area contributed by atoms with Crippen LogP contribution in [0.1, 0.15) is 11.1 Å². The van der Waals surface area contributed by atoms with Gasteiger partial charge in [0.05, 0.1) is 11.4 Å². The van der Waals surface area contributed by atoms with Gasteiger partial charge in [-0.15, -0.1) is 0 Å². The molecule has 2 rings (SSSR count). The van der Waals surface area contributed by atoms with Gasteiger partial charge in [0.25, 0.3) is 0 Å². The van der Waals surface area contributed by atoms with Crippen LogP contribution in [0.4, 0.5) is 4.79 Å². The third-order valence-corrected chi connectivity index (χ3v) is 4.20. The van der Waals surface area contributed by atoms with Gasteiger partial charge >= 0.3 is 6.09 Å². The first-order valence-electron chi connectivity index (χ1n) is 7.19. The molecule has 0 saturated heterocycles. The molecule has 2 aromatic rings. The van der Waals surface area contributed by atoms with Gasteiger partial charge < -0.3 is 10.1 Å². The number of amides is 1. The van der Waals surface area contributed by atoms with Crippen LogP contribution < -0.4 is 5.32 Å². The van der Waals surface area contributed by atoms with Crippen molar-refractivity contribution in [1.82, 2.24) is 5.32 Å². The van der Waals surface area contributed by atoms with Gasteiger partial charge in [-0.2, -0.15) is 0 Å². The van der Waals surface area contributed by atoms with Gasteiger partial charge in [0, 0.05) is 11.8 Å².